The number of fused-ring (bicyclic) bond motifs is 1. The highest BCUT2D eigenvalue weighted by Gasteiger charge is 2.13. The van der Waals surface area contributed by atoms with Crippen molar-refractivity contribution in [2.24, 2.45) is 0 Å². The summed E-state index contributed by atoms with van der Waals surface area (Å²) in [7, 11) is 0. The van der Waals surface area contributed by atoms with Gasteiger partial charge in [0, 0.05) is 16.6 Å². The molecule has 2 aromatic heterocycles. The number of aromatic nitrogens is 2. The van der Waals surface area contributed by atoms with E-state index in [1.54, 1.807) is 17.7 Å². The van der Waals surface area contributed by atoms with Gasteiger partial charge >= 0.3 is 0 Å². The fourth-order valence-electron chi connectivity index (χ4n) is 3.19. The molecule has 4 rings (SSSR count). The predicted molar refractivity (Wildman–Crippen MR) is 124 cm³/mol. The lowest BCUT2D eigenvalue weighted by Crippen LogP contribution is -1.98. The second-order valence-corrected chi connectivity index (χ2v) is 7.72. The highest BCUT2D eigenvalue weighted by Crippen LogP contribution is 2.38. The highest BCUT2D eigenvalue weighted by molar-refractivity contribution is 7.17. The van der Waals surface area contributed by atoms with Gasteiger partial charge in [-0.25, -0.2) is 9.97 Å². The Morgan fingerprint density at radius 2 is 1.63 bits per heavy atom. The molecule has 154 valence electrons. The van der Waals surface area contributed by atoms with Crippen molar-refractivity contribution in [2.45, 2.75) is 26.7 Å². The van der Waals surface area contributed by atoms with Gasteiger partial charge in [-0.2, -0.15) is 0 Å². The van der Waals surface area contributed by atoms with Gasteiger partial charge in [0.05, 0.1) is 18.6 Å². The molecule has 1 N–H and O–H groups in total. The smallest absolute Gasteiger partial charge is 0.143 e. The Bertz CT molecular complexity index is 1090. The molecule has 0 bridgehead atoms. The van der Waals surface area contributed by atoms with E-state index in [1.807, 2.05) is 43.3 Å². The molecule has 0 saturated heterocycles. The minimum Gasteiger partial charge on any atom is -0.494 e. The van der Waals surface area contributed by atoms with E-state index in [-0.39, 0.29) is 0 Å². The number of nitrogens with zero attached hydrogens (tertiary/aromatic N) is 2. The summed E-state index contributed by atoms with van der Waals surface area (Å²) in [6.45, 7) is 5.55. The summed E-state index contributed by atoms with van der Waals surface area (Å²) in [5.41, 5.74) is 3.18. The number of rotatable bonds is 9. The van der Waals surface area contributed by atoms with E-state index in [0.717, 1.165) is 63.8 Å². The van der Waals surface area contributed by atoms with Gasteiger partial charge in [0.15, 0.2) is 0 Å². The van der Waals surface area contributed by atoms with Gasteiger partial charge in [0.2, 0.25) is 0 Å². The molecule has 0 atom stereocenters. The molecule has 5 nitrogen and oxygen atoms in total. The van der Waals surface area contributed by atoms with Gasteiger partial charge in [-0.15, -0.1) is 11.3 Å². The zero-order valence-corrected chi connectivity index (χ0v) is 18.0. The van der Waals surface area contributed by atoms with Crippen LogP contribution in [0, 0.1) is 0 Å². The molecule has 2 aromatic carbocycles. The summed E-state index contributed by atoms with van der Waals surface area (Å²) in [6, 6.07) is 16.1. The van der Waals surface area contributed by atoms with Gasteiger partial charge in [-0.05, 0) is 55.3 Å². The topological polar surface area (TPSA) is 56.3 Å². The molecular weight excluding hydrogens is 394 g/mol. The average molecular weight is 420 g/mol. The Balaban J connectivity index is 1.59. The minimum absolute atomic E-state index is 0.658. The lowest BCUT2D eigenvalue weighted by atomic mass is 10.1. The SMILES string of the molecule is CCCCOc1ccc(Nc2ncnc3scc(-c4ccc(OCC)cc4)c23)cc1. The van der Waals surface area contributed by atoms with E-state index in [9.17, 15) is 0 Å². The maximum Gasteiger partial charge on any atom is 0.143 e. The fourth-order valence-corrected chi connectivity index (χ4v) is 4.10. The molecule has 0 amide bonds. The largest absolute Gasteiger partial charge is 0.494 e. The molecule has 2 heterocycles. The third-order valence-electron chi connectivity index (χ3n) is 4.73. The van der Waals surface area contributed by atoms with Crippen molar-refractivity contribution in [3.05, 3.63) is 60.2 Å². The Hall–Kier alpha value is -3.12. The van der Waals surface area contributed by atoms with Crippen molar-refractivity contribution in [3.63, 3.8) is 0 Å². The Labute approximate surface area is 180 Å². The maximum atomic E-state index is 5.75. The predicted octanol–water partition coefficient (Wildman–Crippen LogP) is 6.68. The summed E-state index contributed by atoms with van der Waals surface area (Å²) < 4.78 is 11.3. The Morgan fingerprint density at radius 3 is 2.37 bits per heavy atom. The lowest BCUT2D eigenvalue weighted by Gasteiger charge is -2.10. The van der Waals surface area contributed by atoms with Crippen LogP contribution in [-0.2, 0) is 0 Å². The Morgan fingerprint density at radius 1 is 0.900 bits per heavy atom. The summed E-state index contributed by atoms with van der Waals surface area (Å²) in [4.78, 5) is 9.93. The summed E-state index contributed by atoms with van der Waals surface area (Å²) in [5, 5.41) is 6.60. The van der Waals surface area contributed by atoms with E-state index in [0.29, 0.717) is 6.61 Å². The summed E-state index contributed by atoms with van der Waals surface area (Å²) >= 11 is 1.62. The third kappa shape index (κ3) is 4.54. The molecule has 0 saturated carbocycles. The van der Waals surface area contributed by atoms with Crippen molar-refractivity contribution in [2.75, 3.05) is 18.5 Å². The van der Waals surface area contributed by atoms with Crippen LogP contribution in [0.3, 0.4) is 0 Å². The quantitative estimate of drug-likeness (QED) is 0.307. The number of unbranched alkanes of at least 4 members (excludes halogenated alkanes) is 1. The highest BCUT2D eigenvalue weighted by atomic mass is 32.1. The molecule has 6 heteroatoms. The molecule has 0 aliphatic heterocycles. The van der Waals surface area contributed by atoms with Gasteiger partial charge in [0.25, 0.3) is 0 Å². The van der Waals surface area contributed by atoms with Crippen molar-refractivity contribution < 1.29 is 9.47 Å². The van der Waals surface area contributed by atoms with Gasteiger partial charge in [-0.3, -0.25) is 0 Å². The molecule has 0 spiro atoms. The molecule has 30 heavy (non-hydrogen) atoms. The molecule has 0 aliphatic carbocycles. The molecule has 0 unspecified atom stereocenters. The molecule has 0 radical (unpaired) electrons. The number of anilines is 2. The number of nitrogens with one attached hydrogen (secondary N) is 1. The van der Waals surface area contributed by atoms with Crippen LogP contribution in [0.4, 0.5) is 11.5 Å². The molecule has 0 fully saturated rings. The van der Waals surface area contributed by atoms with E-state index in [2.05, 4.69) is 39.7 Å². The van der Waals surface area contributed by atoms with Crippen LogP contribution in [0.1, 0.15) is 26.7 Å². The second kappa shape index (κ2) is 9.59. The first-order chi connectivity index (χ1) is 14.8. The van der Waals surface area contributed by atoms with Crippen molar-refractivity contribution in [1.29, 1.82) is 0 Å². The standard InChI is InChI=1S/C24H25N3O2S/c1-3-5-14-29-20-12-8-18(9-13-20)27-23-22-21(15-30-24(22)26-16-25-23)17-6-10-19(11-7-17)28-4-2/h6-13,15-16H,3-5,14H2,1-2H3,(H,25,26,27). The zero-order chi connectivity index (χ0) is 20.8. The van der Waals surface area contributed by atoms with Crippen molar-refractivity contribution in [1.82, 2.24) is 9.97 Å². The van der Waals surface area contributed by atoms with E-state index < -0.39 is 0 Å². The molecule has 4 aromatic rings. The number of thiophene rings is 1. The van der Waals surface area contributed by atoms with Crippen molar-refractivity contribution in [3.8, 4) is 22.6 Å². The maximum absolute atomic E-state index is 5.75. The van der Waals surface area contributed by atoms with E-state index in [1.165, 1.54) is 0 Å². The van der Waals surface area contributed by atoms with Gasteiger partial charge in [0.1, 0.15) is 28.5 Å². The normalized spacial score (nSPS) is 10.9. The summed E-state index contributed by atoms with van der Waals surface area (Å²) in [6.07, 6.45) is 3.79. The lowest BCUT2D eigenvalue weighted by molar-refractivity contribution is 0.309. The number of ether oxygens (including phenoxy) is 2. The monoisotopic (exact) mass is 419 g/mol. The first-order valence-electron chi connectivity index (χ1n) is 10.2. The fraction of sp³-hybridized carbons (Fsp3) is 0.250. The van der Waals surface area contributed by atoms with Crippen LogP contribution in [0.25, 0.3) is 21.3 Å². The second-order valence-electron chi connectivity index (χ2n) is 6.86. The number of hydrogen-bond acceptors (Lipinski definition) is 6. The Kier molecular flexibility index (Phi) is 6.44. The summed E-state index contributed by atoms with van der Waals surface area (Å²) in [5.74, 6) is 2.55. The first-order valence-corrected chi connectivity index (χ1v) is 11.1. The first kappa shape index (κ1) is 20.2. The van der Waals surface area contributed by atoms with Crippen LogP contribution in [0.2, 0.25) is 0 Å². The number of hydrogen-bond donors (Lipinski definition) is 1. The zero-order valence-electron chi connectivity index (χ0n) is 17.2. The minimum atomic E-state index is 0.658. The average Bonchev–Trinajstić information content (AvgIpc) is 3.21. The molecule has 0 aliphatic rings. The molecular formula is C24H25N3O2S. The van der Waals surface area contributed by atoms with Crippen LogP contribution in [0.5, 0.6) is 11.5 Å². The van der Waals surface area contributed by atoms with Crippen LogP contribution < -0.4 is 14.8 Å². The third-order valence-corrected chi connectivity index (χ3v) is 5.62. The van der Waals surface area contributed by atoms with E-state index >= 15 is 0 Å². The van der Waals surface area contributed by atoms with Crippen LogP contribution >= 0.6 is 11.3 Å². The van der Waals surface area contributed by atoms with E-state index in [4.69, 9.17) is 9.47 Å². The van der Waals surface area contributed by atoms with Crippen LogP contribution in [-0.4, -0.2) is 23.2 Å². The van der Waals surface area contributed by atoms with Gasteiger partial charge in [-0.1, -0.05) is 25.5 Å². The van der Waals surface area contributed by atoms with Crippen molar-refractivity contribution >= 4 is 33.1 Å². The van der Waals surface area contributed by atoms with Crippen LogP contribution in [0.15, 0.2) is 60.2 Å². The van der Waals surface area contributed by atoms with Gasteiger partial charge < -0.3 is 14.8 Å². The number of benzene rings is 2.